The van der Waals surface area contributed by atoms with Crippen molar-refractivity contribution in [3.8, 4) is 5.75 Å². The van der Waals surface area contributed by atoms with E-state index >= 15 is 0 Å². The standard InChI is InChI=1S/C17H17ClN2O3/c1-11-8-13(18)6-7-15(11)20-16(21)10-19-17(22)12-4-3-5-14(9-12)23-2/h3-9H,10H2,1-2H3,(H,19,22)(H,20,21). The van der Waals surface area contributed by atoms with Crippen LogP contribution in [0.5, 0.6) is 5.75 Å². The lowest BCUT2D eigenvalue weighted by Gasteiger charge is -2.10. The van der Waals surface area contributed by atoms with Gasteiger partial charge < -0.3 is 15.4 Å². The number of methoxy groups -OCH3 is 1. The van der Waals surface area contributed by atoms with E-state index in [1.54, 1.807) is 42.5 Å². The maximum Gasteiger partial charge on any atom is 0.251 e. The monoisotopic (exact) mass is 332 g/mol. The van der Waals surface area contributed by atoms with Crippen molar-refractivity contribution in [2.24, 2.45) is 0 Å². The Morgan fingerprint density at radius 1 is 1.17 bits per heavy atom. The second-order valence-corrected chi connectivity index (χ2v) is 5.36. The van der Waals surface area contributed by atoms with E-state index in [-0.39, 0.29) is 18.4 Å². The van der Waals surface area contributed by atoms with Crippen LogP contribution in [0.1, 0.15) is 15.9 Å². The molecule has 5 nitrogen and oxygen atoms in total. The molecule has 0 heterocycles. The van der Waals surface area contributed by atoms with Gasteiger partial charge in [-0.1, -0.05) is 17.7 Å². The van der Waals surface area contributed by atoms with Gasteiger partial charge in [-0.15, -0.1) is 0 Å². The summed E-state index contributed by atoms with van der Waals surface area (Å²) in [6, 6.07) is 11.9. The van der Waals surface area contributed by atoms with Gasteiger partial charge in [-0.25, -0.2) is 0 Å². The second kappa shape index (κ2) is 7.65. The van der Waals surface area contributed by atoms with Gasteiger partial charge in [0.25, 0.3) is 5.91 Å². The smallest absolute Gasteiger partial charge is 0.251 e. The highest BCUT2D eigenvalue weighted by Crippen LogP contribution is 2.19. The van der Waals surface area contributed by atoms with Crippen molar-refractivity contribution in [2.75, 3.05) is 19.0 Å². The molecule has 0 aromatic heterocycles. The number of aryl methyl sites for hydroxylation is 1. The van der Waals surface area contributed by atoms with Crippen LogP contribution in [0.15, 0.2) is 42.5 Å². The molecular formula is C17H17ClN2O3. The summed E-state index contributed by atoms with van der Waals surface area (Å²) in [6.45, 7) is 1.72. The molecule has 6 heteroatoms. The summed E-state index contributed by atoms with van der Waals surface area (Å²) < 4.78 is 5.06. The van der Waals surface area contributed by atoms with E-state index in [0.717, 1.165) is 5.56 Å². The van der Waals surface area contributed by atoms with Crippen LogP contribution < -0.4 is 15.4 Å². The number of hydrogen-bond donors (Lipinski definition) is 2. The SMILES string of the molecule is COc1cccc(C(=O)NCC(=O)Nc2ccc(Cl)cc2C)c1. The summed E-state index contributed by atoms with van der Waals surface area (Å²) in [5, 5.41) is 5.90. The number of rotatable bonds is 5. The van der Waals surface area contributed by atoms with Gasteiger partial charge in [0.05, 0.1) is 13.7 Å². The number of hydrogen-bond acceptors (Lipinski definition) is 3. The summed E-state index contributed by atoms with van der Waals surface area (Å²) in [5.41, 5.74) is 1.94. The van der Waals surface area contributed by atoms with Crippen LogP contribution >= 0.6 is 11.6 Å². The Labute approximate surface area is 139 Å². The Morgan fingerprint density at radius 2 is 1.96 bits per heavy atom. The Bertz CT molecular complexity index is 732. The van der Waals surface area contributed by atoms with Gasteiger partial charge in [-0.3, -0.25) is 9.59 Å². The molecule has 0 atom stereocenters. The molecule has 2 N–H and O–H groups in total. The highest BCUT2D eigenvalue weighted by molar-refractivity contribution is 6.30. The number of nitrogens with one attached hydrogen (secondary N) is 2. The number of benzene rings is 2. The topological polar surface area (TPSA) is 67.4 Å². The maximum atomic E-state index is 12.0. The van der Waals surface area contributed by atoms with Crippen molar-refractivity contribution in [1.82, 2.24) is 5.32 Å². The Balaban J connectivity index is 1.92. The predicted octanol–water partition coefficient (Wildman–Crippen LogP) is 3.03. The summed E-state index contributed by atoms with van der Waals surface area (Å²) in [7, 11) is 1.53. The van der Waals surface area contributed by atoms with E-state index in [2.05, 4.69) is 10.6 Å². The van der Waals surface area contributed by atoms with E-state index in [1.807, 2.05) is 6.92 Å². The van der Waals surface area contributed by atoms with Gasteiger partial charge in [-0.05, 0) is 48.9 Å². The predicted molar refractivity (Wildman–Crippen MR) is 90.1 cm³/mol. The van der Waals surface area contributed by atoms with Crippen LogP contribution in [-0.4, -0.2) is 25.5 Å². The third-order valence-electron chi connectivity index (χ3n) is 3.20. The lowest BCUT2D eigenvalue weighted by Crippen LogP contribution is -2.33. The third-order valence-corrected chi connectivity index (χ3v) is 3.44. The molecule has 120 valence electrons. The molecule has 0 unspecified atom stereocenters. The van der Waals surface area contributed by atoms with E-state index in [0.29, 0.717) is 22.0 Å². The van der Waals surface area contributed by atoms with Gasteiger partial charge in [0.1, 0.15) is 5.75 Å². The molecule has 2 aromatic carbocycles. The number of halogens is 1. The average molecular weight is 333 g/mol. The number of anilines is 1. The molecule has 0 aliphatic carbocycles. The highest BCUT2D eigenvalue weighted by atomic mass is 35.5. The van der Waals surface area contributed by atoms with Crippen LogP contribution in [0.2, 0.25) is 5.02 Å². The lowest BCUT2D eigenvalue weighted by atomic mass is 10.2. The van der Waals surface area contributed by atoms with E-state index in [9.17, 15) is 9.59 Å². The first kappa shape index (κ1) is 16.8. The number of carbonyl (C=O) groups excluding carboxylic acids is 2. The Morgan fingerprint density at radius 3 is 2.65 bits per heavy atom. The Hall–Kier alpha value is -2.53. The third kappa shape index (κ3) is 4.72. The molecule has 0 saturated carbocycles. The fourth-order valence-corrected chi connectivity index (χ4v) is 2.22. The van der Waals surface area contributed by atoms with Crippen LogP contribution in [0.4, 0.5) is 5.69 Å². The molecule has 0 radical (unpaired) electrons. The van der Waals surface area contributed by atoms with Crippen LogP contribution in [-0.2, 0) is 4.79 Å². The van der Waals surface area contributed by atoms with E-state index in [4.69, 9.17) is 16.3 Å². The van der Waals surface area contributed by atoms with Crippen molar-refractivity contribution in [1.29, 1.82) is 0 Å². The summed E-state index contributed by atoms with van der Waals surface area (Å²) in [6.07, 6.45) is 0. The molecule has 0 aliphatic heterocycles. The first-order chi connectivity index (χ1) is 11.0. The zero-order valence-corrected chi connectivity index (χ0v) is 13.6. The average Bonchev–Trinajstić information content (AvgIpc) is 2.55. The zero-order chi connectivity index (χ0) is 16.8. The van der Waals surface area contributed by atoms with Crippen LogP contribution in [0.3, 0.4) is 0 Å². The maximum absolute atomic E-state index is 12.0. The van der Waals surface area contributed by atoms with E-state index in [1.165, 1.54) is 7.11 Å². The molecule has 2 rings (SSSR count). The quantitative estimate of drug-likeness (QED) is 0.884. The molecule has 0 saturated heterocycles. The van der Waals surface area contributed by atoms with Gasteiger partial charge in [0.2, 0.25) is 5.91 Å². The largest absolute Gasteiger partial charge is 0.497 e. The fourth-order valence-electron chi connectivity index (χ4n) is 1.99. The fraction of sp³-hybridized carbons (Fsp3) is 0.176. The van der Waals surface area contributed by atoms with Crippen LogP contribution in [0.25, 0.3) is 0 Å². The lowest BCUT2D eigenvalue weighted by molar-refractivity contribution is -0.115. The first-order valence-corrected chi connectivity index (χ1v) is 7.35. The first-order valence-electron chi connectivity index (χ1n) is 6.98. The molecule has 0 fully saturated rings. The van der Waals surface area contributed by atoms with E-state index < -0.39 is 0 Å². The minimum Gasteiger partial charge on any atom is -0.497 e. The van der Waals surface area contributed by atoms with Crippen molar-refractivity contribution in [2.45, 2.75) is 6.92 Å². The summed E-state index contributed by atoms with van der Waals surface area (Å²) >= 11 is 5.87. The van der Waals surface area contributed by atoms with Crippen molar-refractivity contribution < 1.29 is 14.3 Å². The minimum absolute atomic E-state index is 0.127. The van der Waals surface area contributed by atoms with Gasteiger partial charge in [0.15, 0.2) is 0 Å². The highest BCUT2D eigenvalue weighted by Gasteiger charge is 2.10. The number of ether oxygens (including phenoxy) is 1. The van der Waals surface area contributed by atoms with Crippen molar-refractivity contribution in [3.63, 3.8) is 0 Å². The molecular weight excluding hydrogens is 316 g/mol. The van der Waals surface area contributed by atoms with Gasteiger partial charge in [-0.2, -0.15) is 0 Å². The molecule has 2 amide bonds. The molecule has 0 bridgehead atoms. The Kier molecular flexibility index (Phi) is 5.60. The zero-order valence-electron chi connectivity index (χ0n) is 12.9. The summed E-state index contributed by atoms with van der Waals surface area (Å²) in [5.74, 6) is -0.0718. The second-order valence-electron chi connectivity index (χ2n) is 4.92. The molecule has 0 aliphatic rings. The number of carbonyl (C=O) groups is 2. The minimum atomic E-state index is -0.341. The van der Waals surface area contributed by atoms with Gasteiger partial charge >= 0.3 is 0 Å². The molecule has 0 spiro atoms. The normalized spacial score (nSPS) is 10.0. The van der Waals surface area contributed by atoms with Crippen molar-refractivity contribution in [3.05, 3.63) is 58.6 Å². The molecule has 2 aromatic rings. The summed E-state index contributed by atoms with van der Waals surface area (Å²) in [4.78, 5) is 23.9. The number of amides is 2. The van der Waals surface area contributed by atoms with Gasteiger partial charge in [0, 0.05) is 16.3 Å². The molecule has 23 heavy (non-hydrogen) atoms. The van der Waals surface area contributed by atoms with Crippen LogP contribution in [0, 0.1) is 6.92 Å². The van der Waals surface area contributed by atoms with Crippen molar-refractivity contribution >= 4 is 29.1 Å².